The highest BCUT2D eigenvalue weighted by molar-refractivity contribution is 8.04. The molecule has 6 nitrogen and oxygen atoms in total. The molecule has 2 rings (SSSR count). The van der Waals surface area contributed by atoms with Gasteiger partial charge in [-0.15, -0.1) is 0 Å². The summed E-state index contributed by atoms with van der Waals surface area (Å²) < 4.78 is 4.83. The van der Waals surface area contributed by atoms with E-state index in [0.29, 0.717) is 10.7 Å². The minimum absolute atomic E-state index is 0.134. The number of esters is 1. The smallest absolute Gasteiger partial charge is 0.333 e. The molecule has 1 aliphatic heterocycles. The van der Waals surface area contributed by atoms with E-state index in [9.17, 15) is 14.4 Å². The second-order valence-corrected chi connectivity index (χ2v) is 5.92. The van der Waals surface area contributed by atoms with Crippen molar-refractivity contribution in [3.05, 3.63) is 40.9 Å². The van der Waals surface area contributed by atoms with Gasteiger partial charge in [0, 0.05) is 5.69 Å². The molecular weight excluding hydrogens is 316 g/mol. The summed E-state index contributed by atoms with van der Waals surface area (Å²) in [6, 6.07) is 7.39. The van der Waals surface area contributed by atoms with Crippen molar-refractivity contribution in [2.75, 3.05) is 24.2 Å². The highest BCUT2D eigenvalue weighted by atomic mass is 32.2. The summed E-state index contributed by atoms with van der Waals surface area (Å²) in [6.45, 7) is 3.76. The second-order valence-electron chi connectivity index (χ2n) is 4.92. The zero-order valence-electron chi connectivity index (χ0n) is 13.0. The first-order valence-electron chi connectivity index (χ1n) is 7.17. The van der Waals surface area contributed by atoms with Gasteiger partial charge in [0.25, 0.3) is 0 Å². The molecule has 0 atom stereocenters. The fourth-order valence-electron chi connectivity index (χ4n) is 2.05. The molecule has 0 aliphatic carbocycles. The number of nitrogens with zero attached hydrogens (tertiary/aromatic N) is 1. The van der Waals surface area contributed by atoms with E-state index in [-0.39, 0.29) is 30.7 Å². The van der Waals surface area contributed by atoms with Crippen LogP contribution in [0, 0.1) is 6.92 Å². The van der Waals surface area contributed by atoms with Crippen molar-refractivity contribution in [1.82, 2.24) is 4.90 Å². The number of aryl methyl sites for hydroxylation is 1. The SMILES string of the molecule is CCOC(=O)/C=C1\SCC(=O)N1CC(=O)Nc1cccc(C)c1. The number of ether oxygens (including phenoxy) is 1. The van der Waals surface area contributed by atoms with E-state index < -0.39 is 5.97 Å². The predicted molar refractivity (Wildman–Crippen MR) is 88.7 cm³/mol. The average Bonchev–Trinajstić information content (AvgIpc) is 2.80. The fraction of sp³-hybridized carbons (Fsp3) is 0.312. The number of carbonyl (C=O) groups excluding carboxylic acids is 3. The maximum absolute atomic E-state index is 12.1. The zero-order valence-corrected chi connectivity index (χ0v) is 13.8. The van der Waals surface area contributed by atoms with Gasteiger partial charge in [-0.25, -0.2) is 4.79 Å². The molecule has 0 radical (unpaired) electrons. The van der Waals surface area contributed by atoms with Crippen LogP contribution in [0.1, 0.15) is 12.5 Å². The van der Waals surface area contributed by atoms with Gasteiger partial charge in [-0.2, -0.15) is 0 Å². The van der Waals surface area contributed by atoms with Crippen molar-refractivity contribution in [1.29, 1.82) is 0 Å². The van der Waals surface area contributed by atoms with Gasteiger partial charge >= 0.3 is 5.97 Å². The third-order valence-corrected chi connectivity index (χ3v) is 4.07. The Morgan fingerprint density at radius 2 is 2.22 bits per heavy atom. The van der Waals surface area contributed by atoms with Crippen LogP contribution in [0.25, 0.3) is 0 Å². The number of hydrogen-bond acceptors (Lipinski definition) is 5. The van der Waals surface area contributed by atoms with Crippen molar-refractivity contribution < 1.29 is 19.1 Å². The van der Waals surface area contributed by atoms with E-state index in [0.717, 1.165) is 5.56 Å². The van der Waals surface area contributed by atoms with Crippen LogP contribution in [-0.2, 0) is 19.1 Å². The van der Waals surface area contributed by atoms with Crippen LogP contribution < -0.4 is 5.32 Å². The monoisotopic (exact) mass is 334 g/mol. The van der Waals surface area contributed by atoms with Gasteiger partial charge in [-0.1, -0.05) is 23.9 Å². The first kappa shape index (κ1) is 17.1. The van der Waals surface area contributed by atoms with Gasteiger partial charge in [-0.3, -0.25) is 14.5 Å². The minimum Gasteiger partial charge on any atom is -0.463 e. The fourth-order valence-corrected chi connectivity index (χ4v) is 2.98. The molecule has 122 valence electrons. The van der Waals surface area contributed by atoms with Crippen LogP contribution in [0.2, 0.25) is 0 Å². The van der Waals surface area contributed by atoms with Crippen LogP contribution in [0.15, 0.2) is 35.4 Å². The maximum atomic E-state index is 12.1. The van der Waals surface area contributed by atoms with Crippen LogP contribution in [-0.4, -0.2) is 41.6 Å². The Kier molecular flexibility index (Phi) is 5.81. The summed E-state index contributed by atoms with van der Waals surface area (Å²) >= 11 is 1.22. The van der Waals surface area contributed by atoms with Crippen molar-refractivity contribution in [2.24, 2.45) is 0 Å². The summed E-state index contributed by atoms with van der Waals surface area (Å²) in [4.78, 5) is 36.8. The lowest BCUT2D eigenvalue weighted by molar-refractivity contribution is -0.137. The normalized spacial score (nSPS) is 15.8. The van der Waals surface area contributed by atoms with Crippen LogP contribution >= 0.6 is 11.8 Å². The molecule has 1 aromatic rings. The Bertz CT molecular complexity index is 657. The number of nitrogens with one attached hydrogen (secondary N) is 1. The number of carbonyl (C=O) groups is 3. The van der Waals surface area contributed by atoms with Crippen molar-refractivity contribution >= 4 is 35.2 Å². The number of rotatable bonds is 5. The Morgan fingerprint density at radius 3 is 2.91 bits per heavy atom. The highest BCUT2D eigenvalue weighted by Crippen LogP contribution is 2.28. The van der Waals surface area contributed by atoms with E-state index in [2.05, 4.69) is 5.32 Å². The topological polar surface area (TPSA) is 75.7 Å². The molecule has 1 saturated heterocycles. The van der Waals surface area contributed by atoms with Crippen LogP contribution in [0.5, 0.6) is 0 Å². The zero-order chi connectivity index (χ0) is 16.8. The Hall–Kier alpha value is -2.28. The standard InChI is InChI=1S/C16H18N2O4S/c1-3-22-16(21)8-15-18(14(20)10-23-15)9-13(19)17-12-6-4-5-11(2)7-12/h4-8H,3,9-10H2,1-2H3,(H,17,19)/b15-8-. The molecule has 1 aliphatic rings. The Labute approximate surface area is 138 Å². The average molecular weight is 334 g/mol. The summed E-state index contributed by atoms with van der Waals surface area (Å²) in [5.74, 6) is -0.830. The van der Waals surface area contributed by atoms with Gasteiger partial charge in [0.2, 0.25) is 11.8 Å². The van der Waals surface area contributed by atoms with Crippen LogP contribution in [0.4, 0.5) is 5.69 Å². The Morgan fingerprint density at radius 1 is 1.43 bits per heavy atom. The number of thioether (sulfide) groups is 1. The predicted octanol–water partition coefficient (Wildman–Crippen LogP) is 1.91. The molecule has 0 saturated carbocycles. The quantitative estimate of drug-likeness (QED) is 0.658. The molecule has 0 aromatic heterocycles. The van der Waals surface area contributed by atoms with Crippen molar-refractivity contribution in [3.8, 4) is 0 Å². The van der Waals surface area contributed by atoms with E-state index >= 15 is 0 Å². The molecule has 1 heterocycles. The molecule has 0 unspecified atom stereocenters. The number of hydrogen-bond donors (Lipinski definition) is 1. The van der Waals surface area contributed by atoms with Gasteiger partial charge in [0.1, 0.15) is 6.54 Å². The summed E-state index contributed by atoms with van der Waals surface area (Å²) in [7, 11) is 0. The van der Waals surface area contributed by atoms with E-state index in [1.165, 1.54) is 22.7 Å². The third-order valence-electron chi connectivity index (χ3n) is 3.04. The van der Waals surface area contributed by atoms with Gasteiger partial charge in [0.05, 0.1) is 23.5 Å². The molecule has 1 aromatic carbocycles. The molecule has 1 N–H and O–H groups in total. The van der Waals surface area contributed by atoms with E-state index in [1.54, 1.807) is 13.0 Å². The number of benzene rings is 1. The Balaban J connectivity index is 2.02. The lowest BCUT2D eigenvalue weighted by Gasteiger charge is -2.16. The number of amides is 2. The molecule has 23 heavy (non-hydrogen) atoms. The minimum atomic E-state index is -0.520. The lowest BCUT2D eigenvalue weighted by Crippen LogP contribution is -2.34. The molecule has 0 spiro atoms. The first-order chi connectivity index (χ1) is 11.0. The highest BCUT2D eigenvalue weighted by Gasteiger charge is 2.29. The maximum Gasteiger partial charge on any atom is 0.333 e. The van der Waals surface area contributed by atoms with E-state index in [1.807, 2.05) is 25.1 Å². The van der Waals surface area contributed by atoms with Crippen LogP contribution in [0.3, 0.4) is 0 Å². The summed E-state index contributed by atoms with van der Waals surface area (Å²) in [6.07, 6.45) is 1.25. The van der Waals surface area contributed by atoms with Crippen molar-refractivity contribution in [2.45, 2.75) is 13.8 Å². The molecular formula is C16H18N2O4S. The van der Waals surface area contributed by atoms with Crippen molar-refractivity contribution in [3.63, 3.8) is 0 Å². The summed E-state index contributed by atoms with van der Waals surface area (Å²) in [5, 5.41) is 3.18. The van der Waals surface area contributed by atoms with E-state index in [4.69, 9.17) is 4.74 Å². The molecule has 2 amide bonds. The molecule has 7 heteroatoms. The number of anilines is 1. The summed E-state index contributed by atoms with van der Waals surface area (Å²) in [5.41, 5.74) is 1.70. The van der Waals surface area contributed by atoms with Gasteiger partial charge in [-0.05, 0) is 31.5 Å². The first-order valence-corrected chi connectivity index (χ1v) is 8.16. The van der Waals surface area contributed by atoms with Gasteiger partial charge in [0.15, 0.2) is 0 Å². The largest absolute Gasteiger partial charge is 0.463 e. The lowest BCUT2D eigenvalue weighted by atomic mass is 10.2. The molecule has 1 fully saturated rings. The van der Waals surface area contributed by atoms with Gasteiger partial charge < -0.3 is 10.1 Å². The third kappa shape index (κ3) is 4.85. The molecule has 0 bridgehead atoms. The second kappa shape index (κ2) is 7.82.